The third-order valence-electron chi connectivity index (χ3n) is 4.12. The van der Waals surface area contributed by atoms with Gasteiger partial charge >= 0.3 is 5.97 Å². The summed E-state index contributed by atoms with van der Waals surface area (Å²) in [6.07, 6.45) is 0.899. The first kappa shape index (κ1) is 15.7. The topological polar surface area (TPSA) is 82.2 Å². The molecule has 1 aliphatic heterocycles. The van der Waals surface area contributed by atoms with Gasteiger partial charge in [-0.05, 0) is 42.0 Å². The third-order valence-corrected chi connectivity index (χ3v) is 5.11. The molecular formula is C17H18N2O3S. The van der Waals surface area contributed by atoms with Crippen molar-refractivity contribution >= 4 is 23.6 Å². The molecule has 2 heterocycles. The molecular weight excluding hydrogens is 312 g/mol. The van der Waals surface area contributed by atoms with Crippen LogP contribution in [0.2, 0.25) is 0 Å². The number of aromatic nitrogens is 1. The van der Waals surface area contributed by atoms with Crippen LogP contribution in [0.4, 0.5) is 0 Å². The number of carbonyl (C=O) groups excluding carboxylic acids is 1. The van der Waals surface area contributed by atoms with Crippen LogP contribution in [-0.2, 0) is 4.79 Å². The van der Waals surface area contributed by atoms with Gasteiger partial charge in [-0.25, -0.2) is 4.79 Å². The SMILES string of the molecule is O=C(NC1(C(=O)O)CCSCC1)c1ccc(-c2ccccc2)[nH]1. The maximum Gasteiger partial charge on any atom is 0.329 e. The fourth-order valence-electron chi connectivity index (χ4n) is 2.71. The monoisotopic (exact) mass is 330 g/mol. The minimum absolute atomic E-state index is 0.374. The lowest BCUT2D eigenvalue weighted by atomic mass is 9.92. The molecule has 0 unspecified atom stereocenters. The number of H-pyrrole nitrogens is 1. The predicted molar refractivity (Wildman–Crippen MR) is 90.6 cm³/mol. The van der Waals surface area contributed by atoms with E-state index in [2.05, 4.69) is 10.3 Å². The van der Waals surface area contributed by atoms with Crippen molar-refractivity contribution in [3.63, 3.8) is 0 Å². The summed E-state index contributed by atoms with van der Waals surface area (Å²) in [5.41, 5.74) is 1.04. The second-order valence-electron chi connectivity index (χ2n) is 5.61. The fraction of sp³-hybridized carbons (Fsp3) is 0.294. The van der Waals surface area contributed by atoms with Crippen molar-refractivity contribution in [2.75, 3.05) is 11.5 Å². The average Bonchev–Trinajstić information content (AvgIpc) is 3.06. The van der Waals surface area contributed by atoms with Crippen molar-refractivity contribution in [3.05, 3.63) is 48.2 Å². The number of carboxylic acid groups (broad SMARTS) is 1. The zero-order valence-corrected chi connectivity index (χ0v) is 13.4. The predicted octanol–water partition coefficient (Wildman–Crippen LogP) is 2.76. The molecule has 2 aromatic rings. The first-order valence-electron chi connectivity index (χ1n) is 7.49. The zero-order chi connectivity index (χ0) is 16.3. The Balaban J connectivity index is 1.78. The number of nitrogens with one attached hydrogen (secondary N) is 2. The van der Waals surface area contributed by atoms with E-state index >= 15 is 0 Å². The lowest BCUT2D eigenvalue weighted by Gasteiger charge is -2.33. The van der Waals surface area contributed by atoms with Crippen LogP contribution < -0.4 is 5.32 Å². The maximum absolute atomic E-state index is 12.5. The van der Waals surface area contributed by atoms with Crippen molar-refractivity contribution in [1.82, 2.24) is 10.3 Å². The molecule has 0 atom stereocenters. The van der Waals surface area contributed by atoms with Gasteiger partial charge in [0.05, 0.1) is 0 Å². The van der Waals surface area contributed by atoms with Crippen molar-refractivity contribution in [1.29, 1.82) is 0 Å². The summed E-state index contributed by atoms with van der Waals surface area (Å²) >= 11 is 1.72. The zero-order valence-electron chi connectivity index (χ0n) is 12.5. The number of hydrogen-bond donors (Lipinski definition) is 3. The summed E-state index contributed by atoms with van der Waals surface area (Å²) in [4.78, 5) is 27.2. The smallest absolute Gasteiger partial charge is 0.329 e. The number of amides is 1. The first-order valence-corrected chi connectivity index (χ1v) is 8.64. The molecule has 1 aromatic carbocycles. The number of thioether (sulfide) groups is 1. The average molecular weight is 330 g/mol. The molecule has 3 rings (SSSR count). The van der Waals surface area contributed by atoms with E-state index in [0.29, 0.717) is 18.5 Å². The van der Waals surface area contributed by atoms with E-state index in [1.165, 1.54) is 0 Å². The molecule has 0 aliphatic carbocycles. The summed E-state index contributed by atoms with van der Waals surface area (Å²) in [7, 11) is 0. The van der Waals surface area contributed by atoms with E-state index in [4.69, 9.17) is 0 Å². The molecule has 1 fully saturated rings. The van der Waals surface area contributed by atoms with Crippen LogP contribution in [0.5, 0.6) is 0 Å². The molecule has 6 heteroatoms. The standard InChI is InChI=1S/C17H18N2O3S/c20-15(19-17(16(21)22)8-10-23-11-9-17)14-7-6-13(18-14)12-4-2-1-3-5-12/h1-7,18H,8-11H2,(H,19,20)(H,21,22). The number of aliphatic carboxylic acids is 1. The number of rotatable bonds is 4. The van der Waals surface area contributed by atoms with E-state index < -0.39 is 11.5 Å². The number of aromatic amines is 1. The molecule has 0 bridgehead atoms. The Bertz CT molecular complexity index is 706. The first-order chi connectivity index (χ1) is 11.1. The van der Waals surface area contributed by atoms with Crippen LogP contribution in [0.15, 0.2) is 42.5 Å². The van der Waals surface area contributed by atoms with Gasteiger partial charge in [-0.2, -0.15) is 11.8 Å². The molecule has 1 amide bonds. The molecule has 1 aromatic heterocycles. The number of carboxylic acids is 1. The second kappa shape index (κ2) is 6.50. The van der Waals surface area contributed by atoms with E-state index in [1.807, 2.05) is 36.4 Å². The molecule has 1 aliphatic rings. The summed E-state index contributed by atoms with van der Waals surface area (Å²) in [6.45, 7) is 0. The Morgan fingerprint density at radius 3 is 2.43 bits per heavy atom. The van der Waals surface area contributed by atoms with Crippen molar-refractivity contribution in [3.8, 4) is 11.3 Å². The largest absolute Gasteiger partial charge is 0.480 e. The highest BCUT2D eigenvalue weighted by Gasteiger charge is 2.41. The number of benzene rings is 1. The molecule has 0 radical (unpaired) electrons. The highest BCUT2D eigenvalue weighted by atomic mass is 32.2. The molecule has 0 spiro atoms. The lowest BCUT2D eigenvalue weighted by Crippen LogP contribution is -2.56. The molecule has 23 heavy (non-hydrogen) atoms. The van der Waals surface area contributed by atoms with Gasteiger partial charge in [0.1, 0.15) is 11.2 Å². The highest BCUT2D eigenvalue weighted by Crippen LogP contribution is 2.28. The van der Waals surface area contributed by atoms with E-state index in [0.717, 1.165) is 22.8 Å². The highest BCUT2D eigenvalue weighted by molar-refractivity contribution is 7.99. The van der Waals surface area contributed by atoms with Gasteiger partial charge in [0.15, 0.2) is 0 Å². The van der Waals surface area contributed by atoms with E-state index in [1.54, 1.807) is 17.8 Å². The number of carbonyl (C=O) groups is 2. The van der Waals surface area contributed by atoms with Crippen molar-refractivity contribution in [2.24, 2.45) is 0 Å². The quantitative estimate of drug-likeness (QED) is 0.805. The second-order valence-corrected chi connectivity index (χ2v) is 6.83. The van der Waals surface area contributed by atoms with Crippen LogP contribution in [0, 0.1) is 0 Å². The Morgan fingerprint density at radius 1 is 1.09 bits per heavy atom. The van der Waals surface area contributed by atoms with Gasteiger partial charge in [-0.3, -0.25) is 4.79 Å². The Labute approximate surface area is 138 Å². The Hall–Kier alpha value is -2.21. The van der Waals surface area contributed by atoms with Gasteiger partial charge in [0.2, 0.25) is 0 Å². The summed E-state index contributed by atoms with van der Waals surface area (Å²) in [5, 5.41) is 12.3. The van der Waals surface area contributed by atoms with Crippen LogP contribution in [0.3, 0.4) is 0 Å². The summed E-state index contributed by atoms with van der Waals surface area (Å²) in [6, 6.07) is 13.2. The Kier molecular flexibility index (Phi) is 4.43. The minimum Gasteiger partial charge on any atom is -0.480 e. The number of hydrogen-bond acceptors (Lipinski definition) is 3. The fourth-order valence-corrected chi connectivity index (χ4v) is 3.90. The summed E-state index contributed by atoms with van der Waals surface area (Å²) < 4.78 is 0. The molecule has 1 saturated heterocycles. The van der Waals surface area contributed by atoms with Crippen LogP contribution in [-0.4, -0.2) is 39.0 Å². The molecule has 5 nitrogen and oxygen atoms in total. The van der Waals surface area contributed by atoms with Gasteiger partial charge in [0.25, 0.3) is 5.91 Å². The van der Waals surface area contributed by atoms with Crippen LogP contribution in [0.25, 0.3) is 11.3 Å². The van der Waals surface area contributed by atoms with E-state index in [-0.39, 0.29) is 5.91 Å². The summed E-state index contributed by atoms with van der Waals surface area (Å²) in [5.74, 6) is 0.154. The van der Waals surface area contributed by atoms with Crippen LogP contribution in [0.1, 0.15) is 23.3 Å². The molecule has 3 N–H and O–H groups in total. The Morgan fingerprint density at radius 2 is 1.78 bits per heavy atom. The van der Waals surface area contributed by atoms with Crippen molar-refractivity contribution in [2.45, 2.75) is 18.4 Å². The lowest BCUT2D eigenvalue weighted by molar-refractivity contribution is -0.144. The van der Waals surface area contributed by atoms with Crippen LogP contribution >= 0.6 is 11.8 Å². The van der Waals surface area contributed by atoms with E-state index in [9.17, 15) is 14.7 Å². The van der Waals surface area contributed by atoms with Gasteiger partial charge in [-0.1, -0.05) is 30.3 Å². The van der Waals surface area contributed by atoms with Gasteiger partial charge < -0.3 is 15.4 Å². The molecule has 120 valence electrons. The minimum atomic E-state index is -1.15. The molecule has 0 saturated carbocycles. The van der Waals surface area contributed by atoms with Crippen molar-refractivity contribution < 1.29 is 14.7 Å². The third kappa shape index (κ3) is 3.27. The van der Waals surface area contributed by atoms with Gasteiger partial charge in [0, 0.05) is 5.69 Å². The normalized spacial score (nSPS) is 16.7. The van der Waals surface area contributed by atoms with Gasteiger partial charge in [-0.15, -0.1) is 0 Å². The maximum atomic E-state index is 12.5.